The first kappa shape index (κ1) is 16.0. The van der Waals surface area contributed by atoms with Gasteiger partial charge in [0.1, 0.15) is 5.82 Å². The maximum Gasteiger partial charge on any atom is 0.230 e. The third-order valence-electron chi connectivity index (χ3n) is 2.67. The summed E-state index contributed by atoms with van der Waals surface area (Å²) in [6.45, 7) is 4.11. The van der Waals surface area contributed by atoms with E-state index in [-0.39, 0.29) is 24.2 Å². The molecule has 0 radical (unpaired) electrons. The van der Waals surface area contributed by atoms with Gasteiger partial charge in [-0.05, 0) is 35.8 Å². The van der Waals surface area contributed by atoms with Crippen molar-refractivity contribution in [2.24, 2.45) is 5.92 Å². The average Bonchev–Trinajstić information content (AvgIpc) is 2.40. The lowest BCUT2D eigenvalue weighted by molar-refractivity contribution is -0.118. The molecule has 0 aliphatic heterocycles. The molecule has 0 saturated heterocycles. The summed E-state index contributed by atoms with van der Waals surface area (Å²) in [5, 5.41) is 11.6. The molecule has 106 valence electrons. The number of aryl methyl sites for hydroxylation is 1. The number of hydrogen-bond acceptors (Lipinski definition) is 3. The maximum atomic E-state index is 13.3. The van der Waals surface area contributed by atoms with Crippen LogP contribution in [0.5, 0.6) is 0 Å². The van der Waals surface area contributed by atoms with Gasteiger partial charge in [0.2, 0.25) is 5.91 Å². The Kier molecular flexibility index (Phi) is 6.87. The Morgan fingerprint density at radius 1 is 1.53 bits per heavy atom. The topological polar surface area (TPSA) is 49.3 Å². The first-order chi connectivity index (χ1) is 9.02. The Morgan fingerprint density at radius 3 is 2.89 bits per heavy atom. The number of rotatable bonds is 7. The fourth-order valence-electron chi connectivity index (χ4n) is 1.40. The Labute approximate surface area is 117 Å². The van der Waals surface area contributed by atoms with Crippen molar-refractivity contribution in [1.29, 1.82) is 0 Å². The van der Waals surface area contributed by atoms with Crippen LogP contribution < -0.4 is 5.32 Å². The van der Waals surface area contributed by atoms with Gasteiger partial charge in [-0.2, -0.15) is 11.8 Å². The first-order valence-electron chi connectivity index (χ1n) is 6.23. The van der Waals surface area contributed by atoms with Gasteiger partial charge in [-0.1, -0.05) is 19.1 Å². The zero-order chi connectivity index (χ0) is 14.3. The fraction of sp³-hybridized carbons (Fsp3) is 0.500. The molecule has 1 amide bonds. The van der Waals surface area contributed by atoms with E-state index in [1.165, 1.54) is 17.8 Å². The van der Waals surface area contributed by atoms with Gasteiger partial charge < -0.3 is 10.4 Å². The highest BCUT2D eigenvalue weighted by molar-refractivity contribution is 7.99. The Balaban J connectivity index is 2.28. The second-order valence-electron chi connectivity index (χ2n) is 4.66. The Bertz CT molecular complexity index is 426. The number of thioether (sulfide) groups is 1. The number of aliphatic hydroxyl groups excluding tert-OH is 1. The summed E-state index contributed by atoms with van der Waals surface area (Å²) < 4.78 is 13.3. The van der Waals surface area contributed by atoms with Crippen molar-refractivity contribution in [2.75, 3.05) is 18.1 Å². The van der Waals surface area contributed by atoms with Crippen LogP contribution in [0, 0.1) is 18.7 Å². The van der Waals surface area contributed by atoms with Crippen LogP contribution in [0.3, 0.4) is 0 Å². The fourth-order valence-corrected chi connectivity index (χ4v) is 2.32. The Morgan fingerprint density at radius 2 is 2.26 bits per heavy atom. The molecule has 1 unspecified atom stereocenters. The van der Waals surface area contributed by atoms with E-state index in [4.69, 9.17) is 5.11 Å². The van der Waals surface area contributed by atoms with Gasteiger partial charge >= 0.3 is 0 Å². The number of carbonyl (C=O) groups is 1. The lowest BCUT2D eigenvalue weighted by Crippen LogP contribution is -2.25. The van der Waals surface area contributed by atoms with Crippen molar-refractivity contribution < 1.29 is 14.3 Å². The summed E-state index contributed by atoms with van der Waals surface area (Å²) in [6, 6.07) is 4.95. The van der Waals surface area contributed by atoms with E-state index in [0.29, 0.717) is 17.9 Å². The second kappa shape index (κ2) is 8.17. The van der Waals surface area contributed by atoms with Gasteiger partial charge in [0.15, 0.2) is 0 Å². The van der Waals surface area contributed by atoms with Crippen LogP contribution in [0.4, 0.5) is 4.39 Å². The molecule has 0 spiro atoms. The number of aliphatic hydroxyl groups is 1. The SMILES string of the molecule is Cc1ccc(CNC(=O)CSCC(C)CO)cc1F. The monoisotopic (exact) mass is 285 g/mol. The lowest BCUT2D eigenvalue weighted by atomic mass is 10.1. The molecule has 1 atom stereocenters. The van der Waals surface area contributed by atoms with Crippen molar-refractivity contribution in [3.05, 3.63) is 35.1 Å². The maximum absolute atomic E-state index is 13.3. The number of halogens is 1. The van der Waals surface area contributed by atoms with Crippen LogP contribution >= 0.6 is 11.8 Å². The molecule has 0 aliphatic rings. The number of carbonyl (C=O) groups excluding carboxylic acids is 1. The van der Waals surface area contributed by atoms with E-state index in [1.54, 1.807) is 19.1 Å². The minimum Gasteiger partial charge on any atom is -0.396 e. The molecule has 0 aromatic heterocycles. The molecule has 2 N–H and O–H groups in total. The van der Waals surface area contributed by atoms with Gasteiger partial charge in [-0.25, -0.2) is 4.39 Å². The quantitative estimate of drug-likeness (QED) is 0.807. The average molecular weight is 285 g/mol. The van der Waals surface area contributed by atoms with Crippen molar-refractivity contribution >= 4 is 17.7 Å². The zero-order valence-electron chi connectivity index (χ0n) is 11.3. The first-order valence-corrected chi connectivity index (χ1v) is 7.38. The van der Waals surface area contributed by atoms with Crippen LogP contribution in [0.25, 0.3) is 0 Å². The number of nitrogens with one attached hydrogen (secondary N) is 1. The molecular formula is C14H20FNO2S. The molecule has 3 nitrogen and oxygen atoms in total. The summed E-state index contributed by atoms with van der Waals surface area (Å²) >= 11 is 1.49. The summed E-state index contributed by atoms with van der Waals surface area (Å²) in [5.41, 5.74) is 1.36. The minimum absolute atomic E-state index is 0.0730. The molecule has 0 bridgehead atoms. The molecule has 0 aliphatic carbocycles. The van der Waals surface area contributed by atoms with Crippen LogP contribution in [-0.2, 0) is 11.3 Å². The molecular weight excluding hydrogens is 265 g/mol. The van der Waals surface area contributed by atoms with E-state index in [9.17, 15) is 9.18 Å². The molecule has 0 saturated carbocycles. The molecule has 0 fully saturated rings. The summed E-state index contributed by atoms with van der Waals surface area (Å²) in [6.07, 6.45) is 0. The van der Waals surface area contributed by atoms with Crippen molar-refractivity contribution in [3.8, 4) is 0 Å². The lowest BCUT2D eigenvalue weighted by Gasteiger charge is -2.08. The third kappa shape index (κ3) is 6.07. The van der Waals surface area contributed by atoms with Crippen LogP contribution in [0.15, 0.2) is 18.2 Å². The van der Waals surface area contributed by atoms with Gasteiger partial charge in [-0.3, -0.25) is 4.79 Å². The van der Waals surface area contributed by atoms with Crippen molar-refractivity contribution in [3.63, 3.8) is 0 Å². The molecule has 1 aromatic carbocycles. The van der Waals surface area contributed by atoms with Crippen LogP contribution in [-0.4, -0.2) is 29.1 Å². The predicted molar refractivity (Wildman–Crippen MR) is 76.6 cm³/mol. The zero-order valence-corrected chi connectivity index (χ0v) is 12.1. The molecule has 1 aromatic rings. The van der Waals surface area contributed by atoms with Crippen molar-refractivity contribution in [2.45, 2.75) is 20.4 Å². The number of amides is 1. The van der Waals surface area contributed by atoms with Gasteiger partial charge in [0, 0.05) is 13.2 Å². The van der Waals surface area contributed by atoms with Crippen LogP contribution in [0.2, 0.25) is 0 Å². The normalized spacial score (nSPS) is 12.2. The largest absolute Gasteiger partial charge is 0.396 e. The predicted octanol–water partition coefficient (Wildman–Crippen LogP) is 2.11. The molecule has 5 heteroatoms. The highest BCUT2D eigenvalue weighted by Crippen LogP contribution is 2.10. The van der Waals surface area contributed by atoms with Gasteiger partial charge in [0.25, 0.3) is 0 Å². The molecule has 1 rings (SSSR count). The number of hydrogen-bond donors (Lipinski definition) is 2. The van der Waals surface area contributed by atoms with E-state index in [2.05, 4.69) is 5.32 Å². The Hall–Kier alpha value is -1.07. The van der Waals surface area contributed by atoms with Gasteiger partial charge in [-0.15, -0.1) is 0 Å². The van der Waals surface area contributed by atoms with E-state index >= 15 is 0 Å². The highest BCUT2D eigenvalue weighted by atomic mass is 32.2. The summed E-state index contributed by atoms with van der Waals surface area (Å²) in [4.78, 5) is 11.5. The molecule has 19 heavy (non-hydrogen) atoms. The summed E-state index contributed by atoms with van der Waals surface area (Å²) in [7, 11) is 0. The second-order valence-corrected chi connectivity index (χ2v) is 5.69. The highest BCUT2D eigenvalue weighted by Gasteiger charge is 2.05. The standard InChI is InChI=1S/C14H20FNO2S/c1-10(7-17)8-19-9-14(18)16-6-12-4-3-11(2)13(15)5-12/h3-5,10,17H,6-9H2,1-2H3,(H,16,18). The number of benzene rings is 1. The minimum atomic E-state index is -0.252. The summed E-state index contributed by atoms with van der Waals surface area (Å²) in [5.74, 6) is 0.986. The van der Waals surface area contributed by atoms with Crippen LogP contribution in [0.1, 0.15) is 18.1 Å². The van der Waals surface area contributed by atoms with E-state index in [0.717, 1.165) is 11.3 Å². The molecule has 0 heterocycles. The van der Waals surface area contributed by atoms with Crippen molar-refractivity contribution in [1.82, 2.24) is 5.32 Å². The smallest absolute Gasteiger partial charge is 0.230 e. The van der Waals surface area contributed by atoms with Gasteiger partial charge in [0.05, 0.1) is 5.75 Å². The van der Waals surface area contributed by atoms with E-state index in [1.807, 2.05) is 6.92 Å². The van der Waals surface area contributed by atoms with E-state index < -0.39 is 0 Å². The third-order valence-corrected chi connectivity index (χ3v) is 3.94.